The first kappa shape index (κ1) is 27.4. The number of amides is 4. The largest absolute Gasteiger partial charge is 0.423 e. The molecule has 0 saturated heterocycles. The molecule has 3 aliphatic heterocycles. The Bertz CT molecular complexity index is 1670. The van der Waals surface area contributed by atoms with E-state index in [0.29, 0.717) is 44.8 Å². The van der Waals surface area contributed by atoms with Gasteiger partial charge in [-0.3, -0.25) is 9.80 Å². The summed E-state index contributed by atoms with van der Waals surface area (Å²) in [5, 5.41) is 16.4. The van der Waals surface area contributed by atoms with Crippen molar-refractivity contribution >= 4 is 58.0 Å². The quantitative estimate of drug-likeness (QED) is 0.215. The highest BCUT2D eigenvalue weighted by atomic mass is 35.5. The predicted molar refractivity (Wildman–Crippen MR) is 141 cm³/mol. The first-order chi connectivity index (χ1) is 19.2. The third-order valence-electron chi connectivity index (χ3n) is 7.52. The molecule has 0 saturated carbocycles. The van der Waals surface area contributed by atoms with Gasteiger partial charge in [-0.15, -0.1) is 0 Å². The number of nitrogens with two attached hydrogens (primary N) is 1. The molecule has 5 N–H and O–H groups in total. The van der Waals surface area contributed by atoms with Gasteiger partial charge >= 0.3 is 18.2 Å². The summed E-state index contributed by atoms with van der Waals surface area (Å²) in [4.78, 5) is 28.4. The van der Waals surface area contributed by atoms with Crippen LogP contribution in [0.25, 0.3) is 0 Å². The van der Waals surface area contributed by atoms with Crippen LogP contribution in [0.2, 0.25) is 10.0 Å². The lowest BCUT2D eigenvalue weighted by Crippen LogP contribution is -2.48. The zero-order valence-electron chi connectivity index (χ0n) is 20.5. The molecule has 0 bridgehead atoms. The smallest absolute Gasteiger partial charge is 0.398 e. The van der Waals surface area contributed by atoms with E-state index in [1.165, 1.54) is 29.2 Å². The summed E-state index contributed by atoms with van der Waals surface area (Å²) in [6, 6.07) is 3.94. The zero-order valence-corrected chi connectivity index (χ0v) is 22.1. The van der Waals surface area contributed by atoms with Crippen LogP contribution in [0.3, 0.4) is 0 Å². The van der Waals surface area contributed by atoms with Crippen molar-refractivity contribution in [1.29, 1.82) is 0 Å². The molecule has 6 rings (SSSR count). The molecule has 0 aromatic heterocycles. The molecular weight excluding hydrogens is 596 g/mol. The Balaban J connectivity index is 1.48. The number of benzene rings is 3. The van der Waals surface area contributed by atoms with Crippen LogP contribution in [0.15, 0.2) is 36.4 Å². The van der Waals surface area contributed by atoms with Crippen molar-refractivity contribution in [3.05, 3.63) is 80.3 Å². The molecule has 214 valence electrons. The molecular formula is C26H18Cl2F5N5O3. The Hall–Kier alpha value is -3.81. The molecule has 8 nitrogen and oxygen atoms in total. The SMILES string of the molecule is Nc1cc(NC(=O)N2CC(O)(C(F)(F)F)c3cc(F)c(F)cc32)c2c3c1CCN3C(=O)NC2c1cc(Cl)ccc1Cl. The van der Waals surface area contributed by atoms with Gasteiger partial charge in [0, 0.05) is 45.0 Å². The van der Waals surface area contributed by atoms with Crippen LogP contribution in [0.1, 0.15) is 28.3 Å². The van der Waals surface area contributed by atoms with Gasteiger partial charge in [-0.25, -0.2) is 18.4 Å². The number of nitrogen functional groups attached to an aromatic ring is 1. The minimum absolute atomic E-state index is 0.00535. The molecule has 3 aromatic carbocycles. The van der Waals surface area contributed by atoms with E-state index < -0.39 is 59.3 Å². The summed E-state index contributed by atoms with van der Waals surface area (Å²) in [7, 11) is 0. The van der Waals surface area contributed by atoms with E-state index in [4.69, 9.17) is 28.9 Å². The van der Waals surface area contributed by atoms with Gasteiger partial charge in [0.05, 0.1) is 29.6 Å². The fourth-order valence-electron chi connectivity index (χ4n) is 5.59. The number of halogens is 7. The van der Waals surface area contributed by atoms with Crippen molar-refractivity contribution in [2.24, 2.45) is 0 Å². The molecule has 3 aliphatic rings. The van der Waals surface area contributed by atoms with Crippen molar-refractivity contribution in [3.8, 4) is 0 Å². The van der Waals surface area contributed by atoms with Crippen molar-refractivity contribution in [2.75, 3.05) is 33.9 Å². The van der Waals surface area contributed by atoms with Gasteiger partial charge in [-0.05, 0) is 42.3 Å². The van der Waals surface area contributed by atoms with Crippen LogP contribution >= 0.6 is 23.2 Å². The van der Waals surface area contributed by atoms with Crippen LogP contribution in [-0.2, 0) is 12.0 Å². The maximum absolute atomic E-state index is 14.1. The third-order valence-corrected chi connectivity index (χ3v) is 8.10. The fraction of sp³-hybridized carbons (Fsp3) is 0.231. The summed E-state index contributed by atoms with van der Waals surface area (Å²) in [5.74, 6) is -3.14. The van der Waals surface area contributed by atoms with Gasteiger partial charge in [-0.2, -0.15) is 13.2 Å². The third kappa shape index (κ3) is 4.05. The topological polar surface area (TPSA) is 111 Å². The molecule has 0 radical (unpaired) electrons. The first-order valence-corrected chi connectivity index (χ1v) is 12.8. The van der Waals surface area contributed by atoms with Crippen LogP contribution < -0.4 is 26.2 Å². The van der Waals surface area contributed by atoms with Crippen LogP contribution in [-0.4, -0.2) is 36.4 Å². The minimum Gasteiger partial charge on any atom is -0.398 e. The normalized spacial score (nSPS) is 21.1. The van der Waals surface area contributed by atoms with E-state index in [1.807, 2.05) is 0 Å². The number of carbonyl (C=O) groups is 2. The van der Waals surface area contributed by atoms with Crippen molar-refractivity contribution < 1.29 is 36.6 Å². The van der Waals surface area contributed by atoms with E-state index in [0.717, 1.165) is 0 Å². The Morgan fingerprint density at radius 1 is 1.15 bits per heavy atom. The molecule has 2 atom stereocenters. The van der Waals surface area contributed by atoms with E-state index in [9.17, 15) is 36.6 Å². The molecule has 2 unspecified atom stereocenters. The van der Waals surface area contributed by atoms with Crippen LogP contribution in [0, 0.1) is 11.6 Å². The molecule has 3 heterocycles. The van der Waals surface area contributed by atoms with Gasteiger partial charge in [0.15, 0.2) is 11.6 Å². The predicted octanol–water partition coefficient (Wildman–Crippen LogP) is 5.83. The number of nitrogens with one attached hydrogen (secondary N) is 2. The molecule has 15 heteroatoms. The number of rotatable bonds is 2. The number of aliphatic hydroxyl groups is 1. The minimum atomic E-state index is -5.33. The summed E-state index contributed by atoms with van der Waals surface area (Å²) >= 11 is 12.6. The Morgan fingerprint density at radius 2 is 1.85 bits per heavy atom. The summed E-state index contributed by atoms with van der Waals surface area (Å²) in [6.45, 7) is -1.10. The lowest BCUT2D eigenvalue weighted by Gasteiger charge is -2.35. The number of hydrogen-bond acceptors (Lipinski definition) is 4. The van der Waals surface area contributed by atoms with E-state index in [-0.39, 0.29) is 29.0 Å². The summed E-state index contributed by atoms with van der Waals surface area (Å²) < 4.78 is 69.9. The number of carbonyl (C=O) groups excluding carboxylic acids is 2. The number of β-amino-alcohol motifs (C(OH)–C–C–N with tert-alkyl or cyclic N) is 1. The van der Waals surface area contributed by atoms with Gasteiger partial charge < -0.3 is 21.5 Å². The fourth-order valence-corrected chi connectivity index (χ4v) is 6.00. The highest BCUT2D eigenvalue weighted by molar-refractivity contribution is 6.33. The van der Waals surface area contributed by atoms with Crippen LogP contribution in [0.4, 0.5) is 54.3 Å². The molecule has 0 aliphatic carbocycles. The number of nitrogens with zero attached hydrogens (tertiary/aromatic N) is 2. The number of hydrogen-bond donors (Lipinski definition) is 4. The molecule has 3 aromatic rings. The van der Waals surface area contributed by atoms with Crippen molar-refractivity contribution in [3.63, 3.8) is 0 Å². The van der Waals surface area contributed by atoms with Crippen molar-refractivity contribution in [2.45, 2.75) is 24.2 Å². The molecule has 0 fully saturated rings. The molecule has 0 spiro atoms. The standard InChI is InChI=1S/C26H18Cl2F5N5O3/c27-10-1-2-14(28)12(5-10)21-20-18(8-17(34)11-3-4-37(22(11)20)24(40)36-21)35-23(39)38-9-25(41,26(31,32)33)13-6-15(29)16(30)7-19(13)38/h1-2,5-8,21,41H,3-4,9,34H2,(H,35,39)(H,36,40). The second kappa shape index (κ2) is 9.10. The second-order valence-corrected chi connectivity index (χ2v) is 10.7. The highest BCUT2D eigenvalue weighted by Crippen LogP contribution is 2.51. The van der Waals surface area contributed by atoms with Crippen molar-refractivity contribution in [1.82, 2.24) is 5.32 Å². The Morgan fingerprint density at radius 3 is 2.56 bits per heavy atom. The number of alkyl halides is 3. The number of anilines is 4. The second-order valence-electron chi connectivity index (χ2n) is 9.86. The van der Waals surface area contributed by atoms with E-state index in [2.05, 4.69) is 10.6 Å². The zero-order chi connectivity index (χ0) is 29.6. The molecule has 41 heavy (non-hydrogen) atoms. The Labute approximate surface area is 238 Å². The lowest BCUT2D eigenvalue weighted by molar-refractivity contribution is -0.258. The summed E-state index contributed by atoms with van der Waals surface area (Å²) in [6.07, 6.45) is -4.93. The highest BCUT2D eigenvalue weighted by Gasteiger charge is 2.61. The monoisotopic (exact) mass is 613 g/mol. The van der Waals surface area contributed by atoms with Gasteiger partial charge in [0.1, 0.15) is 0 Å². The average Bonchev–Trinajstić information content (AvgIpc) is 3.46. The maximum atomic E-state index is 14.1. The molecule has 4 amide bonds. The average molecular weight is 614 g/mol. The summed E-state index contributed by atoms with van der Waals surface area (Å²) in [5.41, 5.74) is 2.83. The first-order valence-electron chi connectivity index (χ1n) is 12.1. The lowest BCUT2D eigenvalue weighted by atomic mass is 9.91. The van der Waals surface area contributed by atoms with E-state index in [1.54, 1.807) is 0 Å². The Kier molecular flexibility index (Phi) is 6.07. The maximum Gasteiger partial charge on any atom is 0.423 e. The number of urea groups is 2. The number of fused-ring (bicyclic) bond motifs is 1. The van der Waals surface area contributed by atoms with Gasteiger partial charge in [-0.1, -0.05) is 23.2 Å². The van der Waals surface area contributed by atoms with Gasteiger partial charge in [0.25, 0.3) is 0 Å². The van der Waals surface area contributed by atoms with Crippen LogP contribution in [0.5, 0.6) is 0 Å². The van der Waals surface area contributed by atoms with Gasteiger partial charge in [0.2, 0.25) is 5.60 Å². The van der Waals surface area contributed by atoms with E-state index >= 15 is 0 Å².